The molecule has 0 radical (unpaired) electrons. The Bertz CT molecular complexity index is 668. The van der Waals surface area contributed by atoms with E-state index in [1.165, 1.54) is 6.42 Å². The van der Waals surface area contributed by atoms with Crippen LogP contribution in [0.15, 0.2) is 28.8 Å². The van der Waals surface area contributed by atoms with Gasteiger partial charge in [-0.3, -0.25) is 4.79 Å². The van der Waals surface area contributed by atoms with Gasteiger partial charge in [-0.15, -0.1) is 0 Å². The van der Waals surface area contributed by atoms with Crippen molar-refractivity contribution < 1.29 is 9.32 Å². The van der Waals surface area contributed by atoms with Crippen LogP contribution in [-0.4, -0.2) is 22.1 Å². The van der Waals surface area contributed by atoms with Gasteiger partial charge in [0.05, 0.1) is 0 Å². The lowest BCUT2D eigenvalue weighted by Gasteiger charge is -2.14. The highest BCUT2D eigenvalue weighted by atomic mass is 35.5. The largest absolute Gasteiger partial charge is 0.354 e. The number of benzene rings is 1. The lowest BCUT2D eigenvalue weighted by molar-refractivity contribution is -0.121. The lowest BCUT2D eigenvalue weighted by Crippen LogP contribution is -2.32. The van der Waals surface area contributed by atoms with E-state index in [1.54, 1.807) is 12.1 Å². The number of hydrogen-bond acceptors (Lipinski definition) is 4. The van der Waals surface area contributed by atoms with Gasteiger partial charge in [-0.2, -0.15) is 4.98 Å². The molecule has 1 heterocycles. The van der Waals surface area contributed by atoms with E-state index in [4.69, 9.17) is 16.1 Å². The van der Waals surface area contributed by atoms with Gasteiger partial charge < -0.3 is 9.84 Å². The molecule has 1 N–H and O–H groups in total. The fraction of sp³-hybridized carbons (Fsp3) is 0.526. The minimum Gasteiger partial charge on any atom is -0.354 e. The molecule has 0 aliphatic rings. The van der Waals surface area contributed by atoms with Gasteiger partial charge in [-0.1, -0.05) is 43.4 Å². The lowest BCUT2D eigenvalue weighted by atomic mass is 10.0. The normalized spacial score (nSPS) is 12.4. The first kappa shape index (κ1) is 19.4. The van der Waals surface area contributed by atoms with Crippen molar-refractivity contribution in [1.29, 1.82) is 0 Å². The van der Waals surface area contributed by atoms with E-state index in [2.05, 4.69) is 29.3 Å². The van der Waals surface area contributed by atoms with Gasteiger partial charge in [0.2, 0.25) is 17.6 Å². The minimum absolute atomic E-state index is 0.0169. The van der Waals surface area contributed by atoms with Crippen LogP contribution < -0.4 is 5.32 Å². The second kappa shape index (κ2) is 9.56. The zero-order valence-corrected chi connectivity index (χ0v) is 15.8. The van der Waals surface area contributed by atoms with Gasteiger partial charge in [0.15, 0.2) is 0 Å². The molecule has 0 saturated heterocycles. The molecule has 2 aromatic rings. The van der Waals surface area contributed by atoms with Gasteiger partial charge in [-0.25, -0.2) is 0 Å². The Hall–Kier alpha value is -1.88. The number of hydrogen-bond donors (Lipinski definition) is 1. The van der Waals surface area contributed by atoms with Crippen LogP contribution in [0, 0.1) is 5.92 Å². The van der Waals surface area contributed by atoms with E-state index >= 15 is 0 Å². The summed E-state index contributed by atoms with van der Waals surface area (Å²) >= 11 is 5.87. The van der Waals surface area contributed by atoms with Crippen LogP contribution in [-0.2, 0) is 11.2 Å². The molecule has 136 valence electrons. The maximum atomic E-state index is 12.0. The predicted octanol–water partition coefficient (Wildman–Crippen LogP) is 4.65. The van der Waals surface area contributed by atoms with Crippen LogP contribution in [0.5, 0.6) is 0 Å². The van der Waals surface area contributed by atoms with Crippen molar-refractivity contribution in [2.45, 2.75) is 58.9 Å². The smallest absolute Gasteiger partial charge is 0.227 e. The molecule has 1 aromatic carbocycles. The first-order valence-corrected chi connectivity index (χ1v) is 9.19. The molecule has 1 atom stereocenters. The Morgan fingerprint density at radius 1 is 1.20 bits per heavy atom. The Balaban J connectivity index is 1.75. The summed E-state index contributed by atoms with van der Waals surface area (Å²) in [6, 6.07) is 7.42. The second-order valence-corrected chi connectivity index (χ2v) is 7.25. The number of nitrogens with one attached hydrogen (secondary N) is 1. The van der Waals surface area contributed by atoms with E-state index in [0.717, 1.165) is 18.4 Å². The summed E-state index contributed by atoms with van der Waals surface area (Å²) in [6.45, 7) is 6.47. The second-order valence-electron chi connectivity index (χ2n) is 6.81. The van der Waals surface area contributed by atoms with Crippen LogP contribution >= 0.6 is 11.6 Å². The molecule has 5 nitrogen and oxygen atoms in total. The summed E-state index contributed by atoms with van der Waals surface area (Å²) in [6.07, 6.45) is 4.11. The molecule has 25 heavy (non-hydrogen) atoms. The van der Waals surface area contributed by atoms with Gasteiger partial charge in [0.1, 0.15) is 0 Å². The summed E-state index contributed by atoms with van der Waals surface area (Å²) in [5.74, 6) is 1.69. The number of carbonyl (C=O) groups excluding carboxylic acids is 1. The monoisotopic (exact) mass is 363 g/mol. The van der Waals surface area contributed by atoms with E-state index in [1.807, 2.05) is 19.1 Å². The van der Waals surface area contributed by atoms with E-state index in [0.29, 0.717) is 35.5 Å². The first-order chi connectivity index (χ1) is 11.9. The highest BCUT2D eigenvalue weighted by molar-refractivity contribution is 6.30. The molecule has 0 bridgehead atoms. The van der Waals surface area contributed by atoms with Crippen molar-refractivity contribution in [3.63, 3.8) is 0 Å². The summed E-state index contributed by atoms with van der Waals surface area (Å²) < 4.78 is 5.22. The van der Waals surface area contributed by atoms with Crippen LogP contribution in [0.4, 0.5) is 0 Å². The third-order valence-electron chi connectivity index (χ3n) is 3.96. The predicted molar refractivity (Wildman–Crippen MR) is 99.4 cm³/mol. The summed E-state index contributed by atoms with van der Waals surface area (Å²) in [5, 5.41) is 7.64. The van der Waals surface area contributed by atoms with Crippen molar-refractivity contribution in [2.75, 3.05) is 0 Å². The molecule has 0 aliphatic carbocycles. The average molecular weight is 364 g/mol. The quantitative estimate of drug-likeness (QED) is 0.703. The molecule has 2 rings (SSSR count). The molecule has 0 spiro atoms. The fourth-order valence-electron chi connectivity index (χ4n) is 2.54. The third-order valence-corrected chi connectivity index (χ3v) is 4.21. The summed E-state index contributed by atoms with van der Waals surface area (Å²) in [7, 11) is 0. The van der Waals surface area contributed by atoms with E-state index in [9.17, 15) is 4.79 Å². The SMILES string of the molecule is CC(C)CCCC(C)NC(=O)CCc1nc(-c2ccc(Cl)cc2)no1. The molecule has 1 unspecified atom stereocenters. The minimum atomic E-state index is 0.0169. The molecule has 0 aliphatic heterocycles. The number of halogens is 1. The third kappa shape index (κ3) is 6.86. The molecule has 6 heteroatoms. The summed E-state index contributed by atoms with van der Waals surface area (Å²) in [5.41, 5.74) is 0.836. The van der Waals surface area contributed by atoms with Crippen LogP contribution in [0.2, 0.25) is 5.02 Å². The van der Waals surface area contributed by atoms with Gasteiger partial charge in [0.25, 0.3) is 0 Å². The van der Waals surface area contributed by atoms with Crippen molar-refractivity contribution in [3.05, 3.63) is 35.2 Å². The number of carbonyl (C=O) groups is 1. The molecular formula is C19H26ClN3O2. The molecule has 0 fully saturated rings. The number of nitrogens with zero attached hydrogens (tertiary/aromatic N) is 2. The molecular weight excluding hydrogens is 338 g/mol. The van der Waals surface area contributed by atoms with Crippen molar-refractivity contribution >= 4 is 17.5 Å². The Labute approximate surface area is 154 Å². The number of rotatable bonds is 9. The van der Waals surface area contributed by atoms with Gasteiger partial charge in [-0.05, 0) is 43.5 Å². The van der Waals surface area contributed by atoms with Crippen LogP contribution in [0.25, 0.3) is 11.4 Å². The number of aryl methyl sites for hydroxylation is 1. The Morgan fingerprint density at radius 3 is 2.60 bits per heavy atom. The van der Waals surface area contributed by atoms with Crippen molar-refractivity contribution in [3.8, 4) is 11.4 Å². The molecule has 1 amide bonds. The number of amides is 1. The Kier molecular flexibility index (Phi) is 7.44. The summed E-state index contributed by atoms with van der Waals surface area (Å²) in [4.78, 5) is 16.4. The highest BCUT2D eigenvalue weighted by Gasteiger charge is 2.12. The maximum Gasteiger partial charge on any atom is 0.227 e. The van der Waals surface area contributed by atoms with E-state index < -0.39 is 0 Å². The standard InChI is InChI=1S/C19H26ClN3O2/c1-13(2)5-4-6-14(3)21-17(24)11-12-18-22-19(23-25-18)15-7-9-16(20)10-8-15/h7-10,13-14H,4-6,11-12H2,1-3H3,(H,21,24). The maximum absolute atomic E-state index is 12.0. The van der Waals surface area contributed by atoms with Gasteiger partial charge in [0, 0.05) is 29.5 Å². The average Bonchev–Trinajstić information content (AvgIpc) is 3.02. The zero-order valence-electron chi connectivity index (χ0n) is 15.1. The Morgan fingerprint density at radius 2 is 1.92 bits per heavy atom. The topological polar surface area (TPSA) is 68.0 Å². The molecule has 1 aromatic heterocycles. The fourth-order valence-corrected chi connectivity index (χ4v) is 2.67. The molecule has 0 saturated carbocycles. The van der Waals surface area contributed by atoms with E-state index in [-0.39, 0.29) is 11.9 Å². The highest BCUT2D eigenvalue weighted by Crippen LogP contribution is 2.19. The van der Waals surface area contributed by atoms with Crippen molar-refractivity contribution in [2.24, 2.45) is 5.92 Å². The van der Waals surface area contributed by atoms with Crippen molar-refractivity contribution in [1.82, 2.24) is 15.5 Å². The number of aromatic nitrogens is 2. The first-order valence-electron chi connectivity index (χ1n) is 8.82. The zero-order chi connectivity index (χ0) is 18.2. The van der Waals surface area contributed by atoms with Crippen LogP contribution in [0.3, 0.4) is 0 Å². The van der Waals surface area contributed by atoms with Crippen LogP contribution in [0.1, 0.15) is 52.3 Å². The van der Waals surface area contributed by atoms with Gasteiger partial charge >= 0.3 is 0 Å².